The van der Waals surface area contributed by atoms with Crippen LogP contribution in [0, 0.1) is 0 Å². The molecule has 2 unspecified atom stereocenters. The van der Waals surface area contributed by atoms with Gasteiger partial charge in [-0.2, -0.15) is 11.8 Å². The first-order valence-electron chi connectivity index (χ1n) is 4.44. The second-order valence-electron chi connectivity index (χ2n) is 3.02. The molecule has 0 aliphatic carbocycles. The van der Waals surface area contributed by atoms with Gasteiger partial charge in [0.2, 0.25) is 5.91 Å². The highest BCUT2D eigenvalue weighted by Crippen LogP contribution is 2.06. The number of carbonyl (C=O) groups excluding carboxylic acids is 1. The van der Waals surface area contributed by atoms with Gasteiger partial charge in [-0.3, -0.25) is 4.79 Å². The van der Waals surface area contributed by atoms with Crippen molar-refractivity contribution in [2.75, 3.05) is 11.5 Å². The first-order valence-corrected chi connectivity index (χ1v) is 5.60. The zero-order chi connectivity index (χ0) is 11.8. The van der Waals surface area contributed by atoms with Crippen LogP contribution in [-0.4, -0.2) is 45.9 Å². The highest BCUT2D eigenvalue weighted by molar-refractivity contribution is 7.99. The number of rotatable bonds is 7. The number of aliphatic carboxylic acids is 1. The number of hydrogen-bond acceptors (Lipinski definition) is 5. The van der Waals surface area contributed by atoms with E-state index in [1.807, 2.05) is 0 Å². The fourth-order valence-electron chi connectivity index (χ4n) is 0.825. The Morgan fingerprint density at radius 3 is 2.53 bits per heavy atom. The first kappa shape index (κ1) is 14.2. The van der Waals surface area contributed by atoms with E-state index in [1.54, 1.807) is 0 Å². The predicted octanol–water partition coefficient (Wildman–Crippen LogP) is -1.02. The Labute approximate surface area is 92.2 Å². The van der Waals surface area contributed by atoms with Crippen LogP contribution in [0.15, 0.2) is 0 Å². The van der Waals surface area contributed by atoms with Crippen LogP contribution in [0.4, 0.5) is 0 Å². The van der Waals surface area contributed by atoms with Crippen LogP contribution < -0.4 is 11.1 Å². The van der Waals surface area contributed by atoms with Crippen LogP contribution >= 0.6 is 11.8 Å². The minimum atomic E-state index is -1.06. The molecular formula is C8H16N2O4S. The highest BCUT2D eigenvalue weighted by atomic mass is 32.2. The molecule has 0 aliphatic heterocycles. The van der Waals surface area contributed by atoms with Gasteiger partial charge in [-0.05, 0) is 12.2 Å². The fraction of sp³-hybridized carbons (Fsp3) is 0.750. The van der Waals surface area contributed by atoms with Crippen molar-refractivity contribution in [3.8, 4) is 0 Å². The molecule has 0 spiro atoms. The molecule has 0 aromatic heterocycles. The lowest BCUT2D eigenvalue weighted by molar-refractivity contribution is -0.140. The molecule has 0 saturated carbocycles. The molecular weight excluding hydrogens is 220 g/mol. The summed E-state index contributed by atoms with van der Waals surface area (Å²) < 4.78 is 0. The first-order chi connectivity index (χ1) is 6.93. The van der Waals surface area contributed by atoms with E-state index >= 15 is 0 Å². The summed E-state index contributed by atoms with van der Waals surface area (Å²) in [6.07, 6.45) is -0.474. The average molecular weight is 236 g/mol. The number of amides is 1. The van der Waals surface area contributed by atoms with Crippen LogP contribution in [-0.2, 0) is 9.59 Å². The molecule has 6 nitrogen and oxygen atoms in total. The van der Waals surface area contributed by atoms with Gasteiger partial charge in [0.05, 0.1) is 0 Å². The van der Waals surface area contributed by atoms with Crippen LogP contribution in [0.3, 0.4) is 0 Å². The molecule has 5 N–H and O–H groups in total. The molecule has 0 saturated heterocycles. The molecule has 0 aromatic rings. The van der Waals surface area contributed by atoms with E-state index in [0.717, 1.165) is 0 Å². The summed E-state index contributed by atoms with van der Waals surface area (Å²) in [6.45, 7) is 1.27. The topological polar surface area (TPSA) is 113 Å². The third kappa shape index (κ3) is 8.22. The largest absolute Gasteiger partial charge is 0.480 e. The van der Waals surface area contributed by atoms with Crippen LogP contribution in [0.25, 0.3) is 0 Å². The Morgan fingerprint density at radius 1 is 1.53 bits per heavy atom. The van der Waals surface area contributed by atoms with E-state index < -0.39 is 18.2 Å². The third-order valence-electron chi connectivity index (χ3n) is 1.52. The van der Waals surface area contributed by atoms with Crippen molar-refractivity contribution < 1.29 is 19.8 Å². The lowest BCUT2D eigenvalue weighted by Crippen LogP contribution is -2.41. The monoisotopic (exact) mass is 236 g/mol. The van der Waals surface area contributed by atoms with Crippen LogP contribution in [0.2, 0.25) is 0 Å². The van der Waals surface area contributed by atoms with Crippen molar-refractivity contribution in [2.24, 2.45) is 5.73 Å². The van der Waals surface area contributed by atoms with Gasteiger partial charge in [0.15, 0.2) is 0 Å². The van der Waals surface area contributed by atoms with E-state index in [0.29, 0.717) is 12.2 Å². The van der Waals surface area contributed by atoms with E-state index in [4.69, 9.17) is 15.9 Å². The molecule has 2 atom stereocenters. The quantitative estimate of drug-likeness (QED) is 0.332. The lowest BCUT2D eigenvalue weighted by atomic mass is 10.3. The molecule has 0 aliphatic rings. The Morgan fingerprint density at radius 2 is 2.13 bits per heavy atom. The normalized spacial score (nSPS) is 14.3. The van der Waals surface area contributed by atoms with Gasteiger partial charge in [-0.15, -0.1) is 0 Å². The summed E-state index contributed by atoms with van der Waals surface area (Å²) in [5.41, 5.74) is 5.11. The summed E-state index contributed by atoms with van der Waals surface area (Å²) in [5, 5.41) is 19.8. The average Bonchev–Trinajstić information content (AvgIpc) is 2.08. The van der Waals surface area contributed by atoms with Crippen LogP contribution in [0.5, 0.6) is 0 Å². The number of carboxylic acid groups (broad SMARTS) is 1. The highest BCUT2D eigenvalue weighted by Gasteiger charge is 2.17. The molecule has 88 valence electrons. The lowest BCUT2D eigenvalue weighted by Gasteiger charge is -2.12. The molecule has 7 heteroatoms. The van der Waals surface area contributed by atoms with Crippen LogP contribution in [0.1, 0.15) is 13.3 Å². The van der Waals surface area contributed by atoms with Gasteiger partial charge in [0, 0.05) is 12.7 Å². The summed E-state index contributed by atoms with van der Waals surface area (Å²) in [5.74, 6) is -0.615. The van der Waals surface area contributed by atoms with Gasteiger partial charge in [0.1, 0.15) is 12.3 Å². The summed E-state index contributed by atoms with van der Waals surface area (Å²) in [4.78, 5) is 21.3. The molecule has 0 radical (unpaired) electrons. The Kier molecular flexibility index (Phi) is 7.10. The van der Waals surface area contributed by atoms with E-state index in [-0.39, 0.29) is 11.7 Å². The smallest absolute Gasteiger partial charge is 0.327 e. The molecule has 0 heterocycles. The number of nitrogens with one attached hydrogen (secondary N) is 1. The van der Waals surface area contributed by atoms with Gasteiger partial charge in [-0.1, -0.05) is 0 Å². The van der Waals surface area contributed by atoms with E-state index in [9.17, 15) is 9.59 Å². The van der Waals surface area contributed by atoms with Crippen molar-refractivity contribution in [1.82, 2.24) is 5.32 Å². The van der Waals surface area contributed by atoms with Crippen molar-refractivity contribution in [2.45, 2.75) is 25.6 Å². The van der Waals surface area contributed by atoms with Crippen molar-refractivity contribution in [3.05, 3.63) is 0 Å². The van der Waals surface area contributed by atoms with Gasteiger partial charge in [-0.25, -0.2) is 4.79 Å². The molecule has 0 rings (SSSR count). The zero-order valence-corrected chi connectivity index (χ0v) is 9.29. The maximum Gasteiger partial charge on any atom is 0.327 e. The standard InChI is InChI=1S/C8H16N2O4S/c1-5(11)10-6(8(13)14)4-15-3-2-7(9)12/h6-7,12H,2-4,9H2,1H3,(H,10,11)(H,13,14). The maximum atomic E-state index is 10.7. The predicted molar refractivity (Wildman–Crippen MR) is 57.4 cm³/mol. The Balaban J connectivity index is 3.77. The molecule has 15 heavy (non-hydrogen) atoms. The zero-order valence-electron chi connectivity index (χ0n) is 8.47. The summed E-state index contributed by atoms with van der Waals surface area (Å²) >= 11 is 1.32. The number of thioether (sulfide) groups is 1. The second-order valence-corrected chi connectivity index (χ2v) is 4.17. The van der Waals surface area contributed by atoms with Gasteiger partial charge < -0.3 is 21.3 Å². The molecule has 0 aromatic carbocycles. The third-order valence-corrected chi connectivity index (χ3v) is 2.61. The second kappa shape index (κ2) is 7.49. The van der Waals surface area contributed by atoms with Crippen molar-refractivity contribution >= 4 is 23.6 Å². The minimum absolute atomic E-state index is 0.266. The van der Waals surface area contributed by atoms with Gasteiger partial charge in [0.25, 0.3) is 0 Å². The number of aliphatic hydroxyl groups excluding tert-OH is 1. The molecule has 1 amide bonds. The number of hydrogen-bond donors (Lipinski definition) is 4. The van der Waals surface area contributed by atoms with E-state index in [2.05, 4.69) is 5.32 Å². The van der Waals surface area contributed by atoms with Crippen molar-refractivity contribution in [3.63, 3.8) is 0 Å². The number of carboxylic acids is 1. The SMILES string of the molecule is CC(=O)NC(CSCCC(N)O)C(=O)O. The number of carbonyl (C=O) groups is 2. The van der Waals surface area contributed by atoms with E-state index in [1.165, 1.54) is 18.7 Å². The molecule has 0 fully saturated rings. The Hall–Kier alpha value is -0.790. The van der Waals surface area contributed by atoms with Gasteiger partial charge >= 0.3 is 5.97 Å². The Bertz CT molecular complexity index is 223. The maximum absolute atomic E-state index is 10.7. The molecule has 0 bridgehead atoms. The van der Waals surface area contributed by atoms with Crippen molar-refractivity contribution in [1.29, 1.82) is 0 Å². The summed E-state index contributed by atoms with van der Waals surface area (Å²) in [6, 6.07) is -0.887. The number of nitrogens with two attached hydrogens (primary N) is 1. The summed E-state index contributed by atoms with van der Waals surface area (Å²) in [7, 11) is 0. The number of aliphatic hydroxyl groups is 1. The fourth-order valence-corrected chi connectivity index (χ4v) is 1.86. The minimum Gasteiger partial charge on any atom is -0.480 e.